The molecule has 154 valence electrons. The first-order valence-corrected chi connectivity index (χ1v) is 8.69. The Balaban J connectivity index is 0.00000280. The maximum absolute atomic E-state index is 13.0. The van der Waals surface area contributed by atoms with Gasteiger partial charge in [-0.1, -0.05) is 12.1 Å². The normalized spacial score (nSPS) is 17.9. The van der Waals surface area contributed by atoms with E-state index in [1.54, 1.807) is 19.3 Å². The molecule has 2 heterocycles. The fraction of sp³-hybridized carbons (Fsp3) is 0.444. The van der Waals surface area contributed by atoms with Crippen LogP contribution in [0.15, 0.2) is 47.7 Å². The second-order valence-electron chi connectivity index (χ2n) is 6.17. The Morgan fingerprint density at radius 2 is 2.18 bits per heavy atom. The first kappa shape index (κ1) is 22.5. The number of alkyl halides is 3. The highest BCUT2D eigenvalue weighted by atomic mass is 127. The lowest BCUT2D eigenvalue weighted by Crippen LogP contribution is -2.48. The molecule has 1 aromatic carbocycles. The van der Waals surface area contributed by atoms with Crippen molar-refractivity contribution in [2.24, 2.45) is 4.99 Å². The zero-order valence-electron chi connectivity index (χ0n) is 15.4. The Morgan fingerprint density at radius 3 is 2.86 bits per heavy atom. The molecular formula is C18H23F3IN5O. The summed E-state index contributed by atoms with van der Waals surface area (Å²) < 4.78 is 46.4. The minimum Gasteiger partial charge on any atom is -0.370 e. The molecule has 1 atom stereocenters. The predicted molar refractivity (Wildman–Crippen MR) is 111 cm³/mol. The number of hydrogen-bond donors (Lipinski definition) is 1. The lowest BCUT2D eigenvalue weighted by Gasteiger charge is -2.35. The van der Waals surface area contributed by atoms with Crippen molar-refractivity contribution >= 4 is 29.9 Å². The molecule has 1 aliphatic rings. The molecule has 1 aliphatic heterocycles. The molecule has 0 saturated carbocycles. The highest BCUT2D eigenvalue weighted by Gasteiger charge is 2.32. The van der Waals surface area contributed by atoms with Gasteiger partial charge < -0.3 is 15.0 Å². The van der Waals surface area contributed by atoms with Crippen molar-refractivity contribution < 1.29 is 17.9 Å². The molecule has 1 N–H and O–H groups in total. The fourth-order valence-corrected chi connectivity index (χ4v) is 3.01. The van der Waals surface area contributed by atoms with E-state index in [1.165, 1.54) is 6.07 Å². The van der Waals surface area contributed by atoms with Crippen LogP contribution in [0.1, 0.15) is 17.2 Å². The van der Waals surface area contributed by atoms with Crippen LogP contribution in [-0.2, 0) is 17.5 Å². The Labute approximate surface area is 178 Å². The third-order valence-corrected chi connectivity index (χ3v) is 4.35. The number of ether oxygens (including phenoxy) is 1. The Hall–Kier alpha value is -1.82. The number of benzene rings is 1. The van der Waals surface area contributed by atoms with Gasteiger partial charge in [-0.2, -0.15) is 18.3 Å². The summed E-state index contributed by atoms with van der Waals surface area (Å²) in [7, 11) is 1.69. The highest BCUT2D eigenvalue weighted by Crippen LogP contribution is 2.32. The van der Waals surface area contributed by atoms with Crippen molar-refractivity contribution in [2.75, 3.05) is 33.3 Å². The lowest BCUT2D eigenvalue weighted by atomic mass is 10.0. The van der Waals surface area contributed by atoms with Gasteiger partial charge in [0.15, 0.2) is 5.96 Å². The molecule has 0 amide bonds. The number of nitrogens with zero attached hydrogens (tertiary/aromatic N) is 4. The second kappa shape index (κ2) is 10.1. The zero-order valence-corrected chi connectivity index (χ0v) is 17.7. The van der Waals surface area contributed by atoms with Crippen LogP contribution in [0, 0.1) is 0 Å². The summed E-state index contributed by atoms with van der Waals surface area (Å²) in [5, 5.41) is 7.41. The van der Waals surface area contributed by atoms with Crippen molar-refractivity contribution in [1.82, 2.24) is 20.0 Å². The third kappa shape index (κ3) is 5.84. The van der Waals surface area contributed by atoms with Crippen LogP contribution in [0.25, 0.3) is 0 Å². The summed E-state index contributed by atoms with van der Waals surface area (Å²) in [5.74, 6) is 0.697. The monoisotopic (exact) mass is 509 g/mol. The Kier molecular flexibility index (Phi) is 8.10. The van der Waals surface area contributed by atoms with Crippen molar-refractivity contribution in [3.8, 4) is 0 Å². The molecule has 6 nitrogen and oxygen atoms in total. The van der Waals surface area contributed by atoms with E-state index < -0.39 is 17.8 Å². The Bertz CT molecular complexity index is 767. The minimum atomic E-state index is -4.37. The summed E-state index contributed by atoms with van der Waals surface area (Å²) in [6.07, 6.45) is -1.21. The molecule has 0 bridgehead atoms. The summed E-state index contributed by atoms with van der Waals surface area (Å²) >= 11 is 0. The van der Waals surface area contributed by atoms with E-state index in [1.807, 2.05) is 21.8 Å². The van der Waals surface area contributed by atoms with Crippen LogP contribution in [-0.4, -0.2) is 53.9 Å². The Morgan fingerprint density at radius 1 is 1.36 bits per heavy atom. The third-order valence-electron chi connectivity index (χ3n) is 4.35. The molecule has 0 aliphatic carbocycles. The first-order chi connectivity index (χ1) is 13.0. The van der Waals surface area contributed by atoms with Crippen LogP contribution < -0.4 is 5.32 Å². The van der Waals surface area contributed by atoms with Gasteiger partial charge in [-0.3, -0.25) is 9.67 Å². The van der Waals surface area contributed by atoms with E-state index in [9.17, 15) is 13.2 Å². The number of hydrogen-bond acceptors (Lipinski definition) is 3. The molecule has 0 spiro atoms. The van der Waals surface area contributed by atoms with Crippen LogP contribution in [0.5, 0.6) is 0 Å². The van der Waals surface area contributed by atoms with E-state index in [2.05, 4.69) is 15.4 Å². The molecule has 3 rings (SSSR count). The van der Waals surface area contributed by atoms with Crippen LogP contribution in [0.4, 0.5) is 13.2 Å². The topological polar surface area (TPSA) is 54.7 Å². The minimum absolute atomic E-state index is 0. The van der Waals surface area contributed by atoms with E-state index in [0.29, 0.717) is 44.3 Å². The molecule has 28 heavy (non-hydrogen) atoms. The molecule has 1 unspecified atom stereocenters. The van der Waals surface area contributed by atoms with Gasteiger partial charge in [0, 0.05) is 32.5 Å². The van der Waals surface area contributed by atoms with Crippen molar-refractivity contribution in [1.29, 1.82) is 0 Å². The predicted octanol–water partition coefficient (Wildman–Crippen LogP) is 3.17. The molecule has 10 heteroatoms. The summed E-state index contributed by atoms with van der Waals surface area (Å²) in [6, 6.07) is 7.16. The first-order valence-electron chi connectivity index (χ1n) is 8.69. The number of nitrogens with one attached hydrogen (secondary N) is 1. The van der Waals surface area contributed by atoms with E-state index in [4.69, 9.17) is 4.74 Å². The molecule has 2 aromatic rings. The average molecular weight is 509 g/mol. The van der Waals surface area contributed by atoms with Crippen LogP contribution in [0.2, 0.25) is 0 Å². The number of morpholine rings is 1. The quantitative estimate of drug-likeness (QED) is 0.391. The van der Waals surface area contributed by atoms with Gasteiger partial charge in [-0.25, -0.2) is 0 Å². The van der Waals surface area contributed by atoms with Gasteiger partial charge in [-0.05, 0) is 23.8 Å². The van der Waals surface area contributed by atoms with Gasteiger partial charge in [0.05, 0.1) is 25.3 Å². The average Bonchev–Trinajstić information content (AvgIpc) is 3.18. The smallest absolute Gasteiger partial charge is 0.370 e. The largest absolute Gasteiger partial charge is 0.416 e. The van der Waals surface area contributed by atoms with Crippen molar-refractivity contribution in [3.05, 3.63) is 53.9 Å². The van der Waals surface area contributed by atoms with Gasteiger partial charge in [-0.15, -0.1) is 24.0 Å². The summed E-state index contributed by atoms with van der Waals surface area (Å²) in [5.41, 5.74) is -0.149. The zero-order chi connectivity index (χ0) is 19.3. The fourth-order valence-electron chi connectivity index (χ4n) is 3.01. The number of aliphatic imine (C=N–C) groups is 1. The van der Waals surface area contributed by atoms with E-state index in [0.717, 1.165) is 12.1 Å². The van der Waals surface area contributed by atoms with Gasteiger partial charge in [0.1, 0.15) is 6.10 Å². The van der Waals surface area contributed by atoms with E-state index >= 15 is 0 Å². The molecule has 0 radical (unpaired) electrons. The molecule has 1 aromatic heterocycles. The number of rotatable bonds is 4. The standard InChI is InChI=1S/C18H22F3N5O.HI/c1-22-17(23-7-9-26-8-3-6-24-26)25-10-11-27-16(13-25)14-4-2-5-15(12-14)18(19,20)21;/h2-6,8,12,16H,7,9-11,13H2,1H3,(H,22,23);1H. The molecule has 1 saturated heterocycles. The van der Waals surface area contributed by atoms with Gasteiger partial charge in [0.25, 0.3) is 0 Å². The SMILES string of the molecule is CN=C(NCCn1cccn1)N1CCOC(c2cccc(C(F)(F)F)c2)C1.I. The van der Waals surface area contributed by atoms with Crippen LogP contribution in [0.3, 0.4) is 0 Å². The summed E-state index contributed by atoms with van der Waals surface area (Å²) in [4.78, 5) is 6.28. The number of guanidine groups is 1. The van der Waals surface area contributed by atoms with Gasteiger partial charge >= 0.3 is 6.18 Å². The molecular weight excluding hydrogens is 486 g/mol. The second-order valence-corrected chi connectivity index (χ2v) is 6.17. The molecule has 1 fully saturated rings. The van der Waals surface area contributed by atoms with Gasteiger partial charge in [0.2, 0.25) is 0 Å². The lowest BCUT2D eigenvalue weighted by molar-refractivity contribution is -0.137. The maximum Gasteiger partial charge on any atom is 0.416 e. The maximum atomic E-state index is 13.0. The van der Waals surface area contributed by atoms with Crippen LogP contribution >= 0.6 is 24.0 Å². The van der Waals surface area contributed by atoms with E-state index in [-0.39, 0.29) is 24.0 Å². The van der Waals surface area contributed by atoms with Crippen molar-refractivity contribution in [3.63, 3.8) is 0 Å². The number of aromatic nitrogens is 2. The number of halogens is 4. The highest BCUT2D eigenvalue weighted by molar-refractivity contribution is 14.0. The summed E-state index contributed by atoms with van der Waals surface area (Å²) in [6.45, 7) is 2.80. The van der Waals surface area contributed by atoms with Crippen molar-refractivity contribution in [2.45, 2.75) is 18.8 Å².